The van der Waals surface area contributed by atoms with Crippen molar-refractivity contribution in [2.24, 2.45) is 0 Å². The second kappa shape index (κ2) is 4.26. The summed E-state index contributed by atoms with van der Waals surface area (Å²) in [4.78, 5) is 24.0. The van der Waals surface area contributed by atoms with E-state index in [1.807, 2.05) is 13.8 Å². The quantitative estimate of drug-likeness (QED) is 0.690. The molecule has 1 amide bonds. The number of amides is 1. The standard InChI is InChI=1S/C12H15NO2/c1-8-5-10(7-14)6-9(2)11(8)12(15)13(3)4/h5-7H,1-4H3. The number of aldehydes is 1. The Balaban J connectivity index is 3.31. The van der Waals surface area contributed by atoms with Gasteiger partial charge in [-0.1, -0.05) is 0 Å². The Kier molecular flexibility index (Phi) is 3.24. The normalized spacial score (nSPS) is 9.87. The van der Waals surface area contributed by atoms with Crippen LogP contribution in [0, 0.1) is 13.8 Å². The van der Waals surface area contributed by atoms with Gasteiger partial charge in [0.2, 0.25) is 0 Å². The first-order valence-electron chi connectivity index (χ1n) is 4.75. The van der Waals surface area contributed by atoms with Crippen LogP contribution < -0.4 is 0 Å². The molecule has 3 nitrogen and oxygen atoms in total. The molecule has 0 unspecified atom stereocenters. The SMILES string of the molecule is Cc1cc(C=O)cc(C)c1C(=O)N(C)C. The molecule has 0 radical (unpaired) electrons. The van der Waals surface area contributed by atoms with Crippen LogP contribution in [0.4, 0.5) is 0 Å². The van der Waals surface area contributed by atoms with Crippen molar-refractivity contribution in [2.75, 3.05) is 14.1 Å². The highest BCUT2D eigenvalue weighted by atomic mass is 16.2. The van der Waals surface area contributed by atoms with E-state index < -0.39 is 0 Å². The fraction of sp³-hybridized carbons (Fsp3) is 0.333. The Hall–Kier alpha value is -1.64. The van der Waals surface area contributed by atoms with Crippen LogP contribution in [0.2, 0.25) is 0 Å². The minimum Gasteiger partial charge on any atom is -0.345 e. The van der Waals surface area contributed by atoms with E-state index in [0.717, 1.165) is 17.4 Å². The van der Waals surface area contributed by atoms with E-state index in [4.69, 9.17) is 0 Å². The highest BCUT2D eigenvalue weighted by molar-refractivity contribution is 5.97. The number of nitrogens with zero attached hydrogens (tertiary/aromatic N) is 1. The highest BCUT2D eigenvalue weighted by Gasteiger charge is 2.14. The van der Waals surface area contributed by atoms with Crippen molar-refractivity contribution in [3.8, 4) is 0 Å². The van der Waals surface area contributed by atoms with E-state index in [-0.39, 0.29) is 5.91 Å². The van der Waals surface area contributed by atoms with Gasteiger partial charge in [-0.15, -0.1) is 0 Å². The fourth-order valence-corrected chi connectivity index (χ4v) is 1.63. The molecule has 1 aromatic carbocycles. The van der Waals surface area contributed by atoms with E-state index >= 15 is 0 Å². The first kappa shape index (κ1) is 11.4. The summed E-state index contributed by atoms with van der Waals surface area (Å²) in [6.45, 7) is 3.69. The van der Waals surface area contributed by atoms with Gasteiger partial charge in [-0.05, 0) is 37.1 Å². The van der Waals surface area contributed by atoms with E-state index in [1.165, 1.54) is 4.90 Å². The Labute approximate surface area is 89.7 Å². The summed E-state index contributed by atoms with van der Waals surface area (Å²) < 4.78 is 0. The van der Waals surface area contributed by atoms with Gasteiger partial charge in [-0.25, -0.2) is 0 Å². The maximum Gasteiger partial charge on any atom is 0.253 e. The number of carbonyl (C=O) groups is 2. The molecule has 0 fully saturated rings. The first-order valence-corrected chi connectivity index (χ1v) is 4.75. The average Bonchev–Trinajstić information content (AvgIpc) is 2.16. The third kappa shape index (κ3) is 2.24. The van der Waals surface area contributed by atoms with Crippen molar-refractivity contribution in [1.82, 2.24) is 4.90 Å². The Morgan fingerprint density at radius 2 is 1.67 bits per heavy atom. The average molecular weight is 205 g/mol. The monoisotopic (exact) mass is 205 g/mol. The third-order valence-corrected chi connectivity index (χ3v) is 2.31. The van der Waals surface area contributed by atoms with Crippen LogP contribution in [0.15, 0.2) is 12.1 Å². The molecule has 0 N–H and O–H groups in total. The summed E-state index contributed by atoms with van der Waals surface area (Å²) in [5, 5.41) is 0. The summed E-state index contributed by atoms with van der Waals surface area (Å²) in [6.07, 6.45) is 0.796. The lowest BCUT2D eigenvalue weighted by Gasteiger charge is -2.15. The molecule has 80 valence electrons. The summed E-state index contributed by atoms with van der Waals surface area (Å²) in [6, 6.07) is 3.47. The summed E-state index contributed by atoms with van der Waals surface area (Å²) in [5.41, 5.74) is 2.98. The maximum absolute atomic E-state index is 11.8. The van der Waals surface area contributed by atoms with Crippen molar-refractivity contribution in [3.05, 3.63) is 34.4 Å². The van der Waals surface area contributed by atoms with Gasteiger partial charge in [0, 0.05) is 25.2 Å². The van der Waals surface area contributed by atoms with Crippen molar-refractivity contribution in [3.63, 3.8) is 0 Å². The number of rotatable bonds is 2. The van der Waals surface area contributed by atoms with Gasteiger partial charge in [0.25, 0.3) is 5.91 Å². The van der Waals surface area contributed by atoms with Crippen LogP contribution in [0.3, 0.4) is 0 Å². The van der Waals surface area contributed by atoms with Crippen LogP contribution in [0.5, 0.6) is 0 Å². The lowest BCUT2D eigenvalue weighted by molar-refractivity contribution is 0.0826. The maximum atomic E-state index is 11.8. The zero-order valence-electron chi connectivity index (χ0n) is 9.50. The Bertz CT molecular complexity index is 385. The number of hydrogen-bond acceptors (Lipinski definition) is 2. The summed E-state index contributed by atoms with van der Waals surface area (Å²) >= 11 is 0. The molecule has 0 saturated heterocycles. The van der Waals surface area contributed by atoms with Crippen LogP contribution in [-0.4, -0.2) is 31.2 Å². The van der Waals surface area contributed by atoms with Gasteiger partial charge in [0.05, 0.1) is 0 Å². The van der Waals surface area contributed by atoms with Crippen molar-refractivity contribution in [2.45, 2.75) is 13.8 Å². The van der Waals surface area contributed by atoms with E-state index in [9.17, 15) is 9.59 Å². The molecule has 0 aliphatic heterocycles. The van der Waals surface area contributed by atoms with Gasteiger partial charge in [0.1, 0.15) is 6.29 Å². The largest absolute Gasteiger partial charge is 0.345 e. The lowest BCUT2D eigenvalue weighted by atomic mass is 9.99. The molecule has 0 heterocycles. The second-order valence-electron chi connectivity index (χ2n) is 3.85. The number of benzene rings is 1. The minimum absolute atomic E-state index is 0.0255. The molecule has 0 aliphatic rings. The topological polar surface area (TPSA) is 37.4 Å². The number of hydrogen-bond donors (Lipinski definition) is 0. The molecule has 0 bridgehead atoms. The van der Waals surface area contributed by atoms with Gasteiger partial charge in [0.15, 0.2) is 0 Å². The van der Waals surface area contributed by atoms with Gasteiger partial charge < -0.3 is 4.90 Å². The molecular formula is C12H15NO2. The molecule has 3 heteroatoms. The Morgan fingerprint density at radius 1 is 1.20 bits per heavy atom. The predicted molar refractivity (Wildman–Crippen MR) is 59.3 cm³/mol. The van der Waals surface area contributed by atoms with Crippen LogP contribution in [0.25, 0.3) is 0 Å². The molecule has 15 heavy (non-hydrogen) atoms. The zero-order valence-corrected chi connectivity index (χ0v) is 9.50. The first-order chi connectivity index (χ1) is 6.97. The molecule has 1 aromatic rings. The molecule has 0 spiro atoms. The molecular weight excluding hydrogens is 190 g/mol. The third-order valence-electron chi connectivity index (χ3n) is 2.31. The zero-order chi connectivity index (χ0) is 11.6. The molecule has 0 aliphatic carbocycles. The van der Waals surface area contributed by atoms with Crippen molar-refractivity contribution >= 4 is 12.2 Å². The van der Waals surface area contributed by atoms with Crippen LogP contribution in [-0.2, 0) is 0 Å². The van der Waals surface area contributed by atoms with E-state index in [1.54, 1.807) is 26.2 Å². The van der Waals surface area contributed by atoms with E-state index in [0.29, 0.717) is 11.1 Å². The molecule has 0 aromatic heterocycles. The lowest BCUT2D eigenvalue weighted by Crippen LogP contribution is -2.23. The van der Waals surface area contributed by atoms with Crippen LogP contribution >= 0.6 is 0 Å². The minimum atomic E-state index is -0.0255. The second-order valence-corrected chi connectivity index (χ2v) is 3.85. The summed E-state index contributed by atoms with van der Waals surface area (Å²) in [5.74, 6) is -0.0255. The summed E-state index contributed by atoms with van der Waals surface area (Å²) in [7, 11) is 3.43. The molecule has 1 rings (SSSR count). The fourth-order valence-electron chi connectivity index (χ4n) is 1.63. The smallest absolute Gasteiger partial charge is 0.253 e. The van der Waals surface area contributed by atoms with Crippen molar-refractivity contribution < 1.29 is 9.59 Å². The van der Waals surface area contributed by atoms with E-state index in [2.05, 4.69) is 0 Å². The Morgan fingerprint density at radius 3 is 2.00 bits per heavy atom. The van der Waals surface area contributed by atoms with Gasteiger partial charge in [-0.3, -0.25) is 9.59 Å². The highest BCUT2D eigenvalue weighted by Crippen LogP contribution is 2.17. The van der Waals surface area contributed by atoms with Crippen molar-refractivity contribution in [1.29, 1.82) is 0 Å². The number of carbonyl (C=O) groups excluding carboxylic acids is 2. The predicted octanol–water partition coefficient (Wildman–Crippen LogP) is 1.82. The molecule has 0 saturated carbocycles. The molecule has 0 atom stereocenters. The van der Waals surface area contributed by atoms with Gasteiger partial charge in [-0.2, -0.15) is 0 Å². The van der Waals surface area contributed by atoms with Gasteiger partial charge >= 0.3 is 0 Å². The number of aryl methyl sites for hydroxylation is 2. The van der Waals surface area contributed by atoms with Crippen LogP contribution in [0.1, 0.15) is 31.8 Å².